The molecule has 2 aromatic rings. The average molecular weight is 433 g/mol. The summed E-state index contributed by atoms with van der Waals surface area (Å²) >= 11 is 0. The second kappa shape index (κ2) is 7.58. The molecule has 1 heterocycles. The number of hydrazone groups is 1. The SMILES string of the molecule is N#CC1=NN(c2ccccc2)C(O)C1C(O)c1c(F)c(F)c(C(F)(F)F)c(F)c1F. The van der Waals surface area contributed by atoms with E-state index in [1.54, 1.807) is 6.07 Å². The van der Waals surface area contributed by atoms with Crippen LogP contribution in [-0.4, -0.2) is 22.2 Å². The highest BCUT2D eigenvalue weighted by molar-refractivity contribution is 6.03. The minimum absolute atomic E-state index is 0.193. The van der Waals surface area contributed by atoms with E-state index in [-0.39, 0.29) is 5.69 Å². The maximum absolute atomic E-state index is 14.3. The van der Waals surface area contributed by atoms with Crippen LogP contribution in [0.25, 0.3) is 0 Å². The van der Waals surface area contributed by atoms with Crippen molar-refractivity contribution in [1.29, 1.82) is 5.26 Å². The van der Waals surface area contributed by atoms with Gasteiger partial charge in [0.15, 0.2) is 29.5 Å². The number of anilines is 1. The predicted octanol–water partition coefficient (Wildman–Crippen LogP) is 3.63. The van der Waals surface area contributed by atoms with E-state index in [1.807, 2.05) is 0 Å². The summed E-state index contributed by atoms with van der Waals surface area (Å²) in [6.07, 6.45) is -10.3. The second-order valence-electron chi connectivity index (χ2n) is 6.20. The molecule has 0 aromatic heterocycles. The summed E-state index contributed by atoms with van der Waals surface area (Å²) in [5, 5.41) is 34.5. The smallest absolute Gasteiger partial charge is 0.387 e. The van der Waals surface area contributed by atoms with Gasteiger partial charge in [-0.2, -0.15) is 23.5 Å². The van der Waals surface area contributed by atoms with Crippen LogP contribution in [0.5, 0.6) is 0 Å². The lowest BCUT2D eigenvalue weighted by molar-refractivity contribution is -0.143. The Labute approximate surface area is 163 Å². The maximum Gasteiger partial charge on any atom is 0.422 e. The van der Waals surface area contributed by atoms with E-state index in [0.717, 1.165) is 5.01 Å². The zero-order chi connectivity index (χ0) is 22.4. The van der Waals surface area contributed by atoms with Gasteiger partial charge in [-0.05, 0) is 12.1 Å². The second-order valence-corrected chi connectivity index (χ2v) is 6.20. The number of hydrogen-bond donors (Lipinski definition) is 2. The topological polar surface area (TPSA) is 79.9 Å². The number of alkyl halides is 3. The van der Waals surface area contributed by atoms with Gasteiger partial charge in [0.1, 0.15) is 17.3 Å². The number of hydrogen-bond acceptors (Lipinski definition) is 5. The zero-order valence-corrected chi connectivity index (χ0v) is 14.5. The summed E-state index contributed by atoms with van der Waals surface area (Å²) in [6, 6.07) is 8.97. The zero-order valence-electron chi connectivity index (χ0n) is 14.5. The first-order valence-corrected chi connectivity index (χ1v) is 8.12. The van der Waals surface area contributed by atoms with E-state index >= 15 is 0 Å². The van der Waals surface area contributed by atoms with Crippen molar-refractivity contribution in [1.82, 2.24) is 0 Å². The fraction of sp³-hybridized carbons (Fsp3) is 0.222. The minimum atomic E-state index is -5.75. The molecule has 3 atom stereocenters. The Balaban J connectivity index is 2.10. The van der Waals surface area contributed by atoms with Crippen LogP contribution in [0.3, 0.4) is 0 Å². The van der Waals surface area contributed by atoms with E-state index in [4.69, 9.17) is 0 Å². The molecule has 0 spiro atoms. The summed E-state index contributed by atoms with van der Waals surface area (Å²) in [5.41, 5.74) is -5.09. The molecule has 0 aliphatic carbocycles. The molecule has 0 bridgehead atoms. The van der Waals surface area contributed by atoms with Gasteiger partial charge in [0.05, 0.1) is 23.3 Å². The predicted molar refractivity (Wildman–Crippen MR) is 87.7 cm³/mol. The Kier molecular flexibility index (Phi) is 5.44. The molecule has 3 rings (SSSR count). The number of benzene rings is 2. The van der Waals surface area contributed by atoms with E-state index in [0.29, 0.717) is 0 Å². The molecule has 3 unspecified atom stereocenters. The molecule has 5 nitrogen and oxygen atoms in total. The highest BCUT2D eigenvalue weighted by Crippen LogP contribution is 2.41. The summed E-state index contributed by atoms with van der Waals surface area (Å²) in [5.74, 6) is -12.5. The van der Waals surface area contributed by atoms with Crippen molar-refractivity contribution in [3.8, 4) is 6.07 Å². The Morgan fingerprint density at radius 1 is 1.00 bits per heavy atom. The number of para-hydroxylation sites is 1. The molecule has 158 valence electrons. The fourth-order valence-electron chi connectivity index (χ4n) is 3.07. The van der Waals surface area contributed by atoms with Crippen molar-refractivity contribution < 1.29 is 40.9 Å². The van der Waals surface area contributed by atoms with Gasteiger partial charge in [-0.3, -0.25) is 0 Å². The summed E-state index contributed by atoms with van der Waals surface area (Å²) in [7, 11) is 0. The van der Waals surface area contributed by atoms with Crippen LogP contribution in [0.2, 0.25) is 0 Å². The van der Waals surface area contributed by atoms with Crippen LogP contribution in [0.15, 0.2) is 35.4 Å². The van der Waals surface area contributed by atoms with Gasteiger partial charge in [-0.15, -0.1) is 0 Å². The third kappa shape index (κ3) is 3.35. The van der Waals surface area contributed by atoms with Gasteiger partial charge in [-0.1, -0.05) is 18.2 Å². The third-order valence-corrected chi connectivity index (χ3v) is 4.46. The Morgan fingerprint density at radius 3 is 2.00 bits per heavy atom. The molecule has 0 fully saturated rings. The van der Waals surface area contributed by atoms with Crippen LogP contribution in [0, 0.1) is 40.5 Å². The number of rotatable bonds is 3. The molecule has 0 saturated carbocycles. The van der Waals surface area contributed by atoms with Crippen LogP contribution >= 0.6 is 0 Å². The third-order valence-electron chi connectivity index (χ3n) is 4.46. The standard InChI is InChI=1S/C18H10F7N3O2/c19-12-10(13(20)15(22)11(14(12)21)18(23,24)25)16(29)9-8(6-26)27-28(17(9)30)7-4-2-1-3-5-7/h1-5,9,16-17,29-30H. The normalized spacial score (nSPS) is 20.1. The first-order valence-electron chi connectivity index (χ1n) is 8.12. The van der Waals surface area contributed by atoms with Gasteiger partial charge in [-0.25, -0.2) is 22.6 Å². The number of halogens is 7. The average Bonchev–Trinajstić information content (AvgIpc) is 3.02. The molecule has 2 aromatic carbocycles. The van der Waals surface area contributed by atoms with E-state index in [9.17, 15) is 46.2 Å². The fourth-order valence-corrected chi connectivity index (χ4v) is 3.07. The van der Waals surface area contributed by atoms with Crippen molar-refractivity contribution in [2.24, 2.45) is 11.0 Å². The lowest BCUT2D eigenvalue weighted by atomic mass is 9.89. The van der Waals surface area contributed by atoms with Crippen molar-refractivity contribution in [3.63, 3.8) is 0 Å². The van der Waals surface area contributed by atoms with Crippen LogP contribution in [-0.2, 0) is 6.18 Å². The molecular formula is C18H10F7N3O2. The highest BCUT2D eigenvalue weighted by Gasteiger charge is 2.48. The first-order chi connectivity index (χ1) is 14.0. The van der Waals surface area contributed by atoms with E-state index in [1.165, 1.54) is 30.3 Å². The van der Waals surface area contributed by atoms with Crippen LogP contribution < -0.4 is 5.01 Å². The van der Waals surface area contributed by atoms with Gasteiger partial charge < -0.3 is 10.2 Å². The minimum Gasteiger partial charge on any atom is -0.387 e. The number of nitrogens with zero attached hydrogens (tertiary/aromatic N) is 3. The number of nitriles is 1. The molecule has 1 aliphatic heterocycles. The van der Waals surface area contributed by atoms with Gasteiger partial charge in [0.2, 0.25) is 0 Å². The lowest BCUT2D eigenvalue weighted by Crippen LogP contribution is -2.37. The number of aliphatic hydroxyl groups is 2. The molecule has 1 aliphatic rings. The molecule has 30 heavy (non-hydrogen) atoms. The van der Waals surface area contributed by atoms with Gasteiger partial charge in [0, 0.05) is 0 Å². The maximum atomic E-state index is 14.3. The Bertz CT molecular complexity index is 1020. The summed E-state index contributed by atoms with van der Waals surface area (Å²) in [4.78, 5) is 0. The lowest BCUT2D eigenvalue weighted by Gasteiger charge is -2.26. The Hall–Kier alpha value is -3.17. The van der Waals surface area contributed by atoms with Crippen molar-refractivity contribution in [2.75, 3.05) is 5.01 Å². The van der Waals surface area contributed by atoms with Crippen molar-refractivity contribution in [3.05, 3.63) is 64.7 Å². The molecule has 0 radical (unpaired) electrons. The first kappa shape index (κ1) is 21.5. The van der Waals surface area contributed by atoms with E-state index in [2.05, 4.69) is 5.10 Å². The van der Waals surface area contributed by atoms with Gasteiger partial charge in [0.25, 0.3) is 0 Å². The van der Waals surface area contributed by atoms with Crippen molar-refractivity contribution in [2.45, 2.75) is 18.5 Å². The quantitative estimate of drug-likeness (QED) is 0.573. The molecule has 12 heteroatoms. The van der Waals surface area contributed by atoms with Crippen LogP contribution in [0.1, 0.15) is 17.2 Å². The molecule has 0 saturated heterocycles. The molecule has 0 amide bonds. The van der Waals surface area contributed by atoms with Gasteiger partial charge >= 0.3 is 6.18 Å². The monoisotopic (exact) mass is 433 g/mol. The summed E-state index contributed by atoms with van der Waals surface area (Å²) in [6.45, 7) is 0. The number of aliphatic hydroxyl groups excluding tert-OH is 2. The highest BCUT2D eigenvalue weighted by atomic mass is 19.4. The molecule has 2 N–H and O–H groups in total. The largest absolute Gasteiger partial charge is 0.422 e. The molecular weight excluding hydrogens is 423 g/mol. The Morgan fingerprint density at radius 2 is 1.53 bits per heavy atom. The van der Waals surface area contributed by atoms with Crippen molar-refractivity contribution >= 4 is 11.4 Å². The van der Waals surface area contributed by atoms with E-state index < -0.39 is 64.5 Å². The summed E-state index contributed by atoms with van der Waals surface area (Å²) < 4.78 is 94.5. The van der Waals surface area contributed by atoms with Crippen LogP contribution in [0.4, 0.5) is 36.4 Å².